The van der Waals surface area contributed by atoms with Gasteiger partial charge in [0.25, 0.3) is 0 Å². The third-order valence-corrected chi connectivity index (χ3v) is 2.08. The third kappa shape index (κ3) is 2.92. The maximum atomic E-state index is 5.75. The molecule has 0 saturated carbocycles. The molecule has 0 aliphatic rings. The normalized spacial score (nSPS) is 12.9. The summed E-state index contributed by atoms with van der Waals surface area (Å²) in [5.41, 5.74) is 6.34. The van der Waals surface area contributed by atoms with Crippen LogP contribution in [0.4, 0.5) is 5.69 Å². The summed E-state index contributed by atoms with van der Waals surface area (Å²) < 4.78 is 5.75. The zero-order chi connectivity index (χ0) is 10.6. The minimum atomic E-state index is 0.124. The van der Waals surface area contributed by atoms with Crippen molar-refractivity contribution < 1.29 is 4.74 Å². The molecule has 1 unspecified atom stereocenters. The van der Waals surface area contributed by atoms with Gasteiger partial charge in [-0.05, 0) is 44.8 Å². The van der Waals surface area contributed by atoms with Gasteiger partial charge in [0.05, 0.1) is 0 Å². The first-order chi connectivity index (χ1) is 6.63. The summed E-state index contributed by atoms with van der Waals surface area (Å²) in [6.45, 7) is 2.10. The molecule has 1 rings (SSSR count). The molecule has 3 heteroatoms. The molecule has 0 heterocycles. The predicted octanol–water partition coefficient (Wildman–Crippen LogP) is 1.95. The summed E-state index contributed by atoms with van der Waals surface area (Å²) in [5, 5.41) is 0. The Bertz CT molecular complexity index is 269. The second-order valence-corrected chi connectivity index (χ2v) is 3.51. The molecule has 0 saturated heterocycles. The lowest BCUT2D eigenvalue weighted by atomic mass is 10.3. The van der Waals surface area contributed by atoms with E-state index < -0.39 is 0 Å². The highest BCUT2D eigenvalue weighted by molar-refractivity contribution is 5.41. The van der Waals surface area contributed by atoms with Crippen LogP contribution in [-0.2, 0) is 0 Å². The molecular weight excluding hydrogens is 176 g/mol. The van der Waals surface area contributed by atoms with Crippen molar-refractivity contribution in [2.45, 2.75) is 19.6 Å². The van der Waals surface area contributed by atoms with Crippen molar-refractivity contribution in [2.24, 2.45) is 0 Å². The van der Waals surface area contributed by atoms with Gasteiger partial charge in [0.1, 0.15) is 5.75 Å². The quantitative estimate of drug-likeness (QED) is 0.588. The standard InChI is InChI=1S/C11H18N2O/c1-4-11(13(2)3)14-10-7-5-9(12)6-8-10/h5-8,11H,4,12H2,1-3H3. The molecule has 0 bridgehead atoms. The largest absolute Gasteiger partial charge is 0.475 e. The minimum absolute atomic E-state index is 0.124. The summed E-state index contributed by atoms with van der Waals surface area (Å²) in [7, 11) is 4.01. The first kappa shape index (κ1) is 10.9. The van der Waals surface area contributed by atoms with E-state index in [4.69, 9.17) is 10.5 Å². The van der Waals surface area contributed by atoms with E-state index in [-0.39, 0.29) is 6.23 Å². The van der Waals surface area contributed by atoms with Gasteiger partial charge < -0.3 is 10.5 Å². The van der Waals surface area contributed by atoms with Crippen molar-refractivity contribution in [2.75, 3.05) is 19.8 Å². The Morgan fingerprint density at radius 3 is 2.29 bits per heavy atom. The van der Waals surface area contributed by atoms with Crippen LogP contribution in [0.1, 0.15) is 13.3 Å². The summed E-state index contributed by atoms with van der Waals surface area (Å²) in [5.74, 6) is 0.861. The molecule has 78 valence electrons. The summed E-state index contributed by atoms with van der Waals surface area (Å²) in [4.78, 5) is 2.05. The molecule has 14 heavy (non-hydrogen) atoms. The number of ether oxygens (including phenoxy) is 1. The molecule has 0 amide bonds. The number of anilines is 1. The van der Waals surface area contributed by atoms with Crippen LogP contribution in [0.25, 0.3) is 0 Å². The Morgan fingerprint density at radius 2 is 1.86 bits per heavy atom. The smallest absolute Gasteiger partial charge is 0.151 e. The molecule has 2 N–H and O–H groups in total. The Morgan fingerprint density at radius 1 is 1.29 bits per heavy atom. The van der Waals surface area contributed by atoms with Crippen molar-refractivity contribution in [1.29, 1.82) is 0 Å². The average Bonchev–Trinajstić information content (AvgIpc) is 2.16. The molecule has 0 fully saturated rings. The van der Waals surface area contributed by atoms with E-state index in [1.807, 2.05) is 38.4 Å². The van der Waals surface area contributed by atoms with Crippen molar-refractivity contribution >= 4 is 5.69 Å². The van der Waals surface area contributed by atoms with Gasteiger partial charge in [-0.15, -0.1) is 0 Å². The van der Waals surface area contributed by atoms with Gasteiger partial charge in [-0.3, -0.25) is 4.90 Å². The number of hydrogen-bond acceptors (Lipinski definition) is 3. The predicted molar refractivity (Wildman–Crippen MR) is 59.2 cm³/mol. The van der Waals surface area contributed by atoms with Gasteiger partial charge in [-0.25, -0.2) is 0 Å². The van der Waals surface area contributed by atoms with Crippen LogP contribution >= 0.6 is 0 Å². The van der Waals surface area contributed by atoms with E-state index in [2.05, 4.69) is 11.8 Å². The summed E-state index contributed by atoms with van der Waals surface area (Å²) in [6, 6.07) is 7.47. The first-order valence-corrected chi connectivity index (χ1v) is 4.82. The molecule has 0 aliphatic carbocycles. The van der Waals surface area contributed by atoms with Gasteiger partial charge in [-0.1, -0.05) is 6.92 Å². The summed E-state index contributed by atoms with van der Waals surface area (Å²) in [6.07, 6.45) is 1.08. The third-order valence-electron chi connectivity index (χ3n) is 2.08. The van der Waals surface area contributed by atoms with Gasteiger partial charge in [0.2, 0.25) is 0 Å². The molecule has 0 aliphatic heterocycles. The SMILES string of the molecule is CCC(Oc1ccc(N)cc1)N(C)C. The van der Waals surface area contributed by atoms with E-state index in [1.54, 1.807) is 0 Å². The van der Waals surface area contributed by atoms with Crippen molar-refractivity contribution in [3.8, 4) is 5.75 Å². The average molecular weight is 194 g/mol. The highest BCUT2D eigenvalue weighted by atomic mass is 16.5. The fourth-order valence-electron chi connectivity index (χ4n) is 1.26. The van der Waals surface area contributed by atoms with E-state index in [1.165, 1.54) is 0 Å². The lowest BCUT2D eigenvalue weighted by Crippen LogP contribution is -2.32. The molecule has 1 atom stereocenters. The highest BCUT2D eigenvalue weighted by Gasteiger charge is 2.09. The van der Waals surface area contributed by atoms with Crippen LogP contribution in [0.3, 0.4) is 0 Å². The van der Waals surface area contributed by atoms with Crippen molar-refractivity contribution in [3.05, 3.63) is 24.3 Å². The number of nitrogen functional groups attached to an aromatic ring is 1. The fourth-order valence-corrected chi connectivity index (χ4v) is 1.26. The highest BCUT2D eigenvalue weighted by Crippen LogP contribution is 2.16. The number of nitrogens with zero attached hydrogens (tertiary/aromatic N) is 1. The second-order valence-electron chi connectivity index (χ2n) is 3.51. The molecule has 3 nitrogen and oxygen atoms in total. The lowest BCUT2D eigenvalue weighted by molar-refractivity contribution is 0.0613. The molecule has 0 aromatic heterocycles. The maximum Gasteiger partial charge on any atom is 0.151 e. The molecule has 1 aromatic rings. The Hall–Kier alpha value is -1.22. The van der Waals surface area contributed by atoms with Crippen LogP contribution in [0.15, 0.2) is 24.3 Å². The maximum absolute atomic E-state index is 5.75. The van der Waals surface area contributed by atoms with Crippen LogP contribution in [0.2, 0.25) is 0 Å². The lowest BCUT2D eigenvalue weighted by Gasteiger charge is -2.23. The Balaban J connectivity index is 2.63. The minimum Gasteiger partial charge on any atom is -0.475 e. The second kappa shape index (κ2) is 4.86. The molecule has 0 spiro atoms. The van der Waals surface area contributed by atoms with Gasteiger partial charge in [0.15, 0.2) is 6.23 Å². The van der Waals surface area contributed by atoms with Crippen LogP contribution in [-0.4, -0.2) is 25.2 Å². The Kier molecular flexibility index (Phi) is 3.77. The fraction of sp³-hybridized carbons (Fsp3) is 0.455. The number of nitrogens with two attached hydrogens (primary N) is 1. The number of rotatable bonds is 4. The van der Waals surface area contributed by atoms with Gasteiger partial charge >= 0.3 is 0 Å². The van der Waals surface area contributed by atoms with Gasteiger partial charge in [0, 0.05) is 5.69 Å². The van der Waals surface area contributed by atoms with Crippen LogP contribution < -0.4 is 10.5 Å². The van der Waals surface area contributed by atoms with Crippen LogP contribution in [0.5, 0.6) is 5.75 Å². The van der Waals surface area contributed by atoms with Crippen LogP contribution in [0, 0.1) is 0 Å². The molecule has 0 radical (unpaired) electrons. The van der Waals surface area contributed by atoms with E-state index in [0.29, 0.717) is 0 Å². The zero-order valence-electron chi connectivity index (χ0n) is 9.03. The molecular formula is C11H18N2O. The number of benzene rings is 1. The van der Waals surface area contributed by atoms with Crippen molar-refractivity contribution in [3.63, 3.8) is 0 Å². The van der Waals surface area contributed by atoms with Gasteiger partial charge in [-0.2, -0.15) is 0 Å². The van der Waals surface area contributed by atoms with E-state index in [0.717, 1.165) is 17.9 Å². The monoisotopic (exact) mass is 194 g/mol. The first-order valence-electron chi connectivity index (χ1n) is 4.82. The summed E-state index contributed by atoms with van der Waals surface area (Å²) >= 11 is 0. The topological polar surface area (TPSA) is 38.5 Å². The zero-order valence-corrected chi connectivity index (χ0v) is 9.03. The molecule has 1 aromatic carbocycles. The Labute approximate surface area is 85.5 Å². The van der Waals surface area contributed by atoms with Crippen molar-refractivity contribution in [1.82, 2.24) is 4.90 Å². The van der Waals surface area contributed by atoms with E-state index >= 15 is 0 Å². The van der Waals surface area contributed by atoms with E-state index in [9.17, 15) is 0 Å². The number of hydrogen-bond donors (Lipinski definition) is 1.